The molecule has 0 saturated carbocycles. The van der Waals surface area contributed by atoms with Gasteiger partial charge in [-0.25, -0.2) is 0 Å². The Bertz CT molecular complexity index is 337. The number of halogens is 2. The summed E-state index contributed by atoms with van der Waals surface area (Å²) in [7, 11) is 0. The van der Waals surface area contributed by atoms with E-state index in [-0.39, 0.29) is 0 Å². The number of piperazine rings is 1. The zero-order valence-corrected chi connectivity index (χ0v) is 11.9. The highest BCUT2D eigenvalue weighted by atomic mass is 79.9. The first kappa shape index (κ1) is 11.4. The molecular weight excluding hydrogens is 320 g/mol. The van der Waals surface area contributed by atoms with Crippen LogP contribution in [0.5, 0.6) is 0 Å². The van der Waals surface area contributed by atoms with Crippen LogP contribution in [0.3, 0.4) is 0 Å². The quantitative estimate of drug-likeness (QED) is 0.850. The van der Waals surface area contributed by atoms with Crippen molar-refractivity contribution in [3.05, 3.63) is 26.6 Å². The molecule has 1 heterocycles. The molecule has 0 aromatic heterocycles. The van der Waals surface area contributed by atoms with Gasteiger partial charge in [-0.2, -0.15) is 0 Å². The number of rotatable bonds is 1. The van der Waals surface area contributed by atoms with E-state index >= 15 is 0 Å². The van der Waals surface area contributed by atoms with E-state index in [9.17, 15) is 0 Å². The molecule has 1 aliphatic rings. The highest BCUT2D eigenvalue weighted by Gasteiger charge is 2.12. The SMILES string of the molecule is Cc1c(Br)cc(N2CCNCC2)cc1Br. The van der Waals surface area contributed by atoms with Crippen LogP contribution in [0.2, 0.25) is 0 Å². The average Bonchev–Trinajstić information content (AvgIpc) is 2.26. The molecule has 82 valence electrons. The van der Waals surface area contributed by atoms with Crippen LogP contribution in [0.15, 0.2) is 21.1 Å². The molecule has 0 unspecified atom stereocenters. The molecule has 0 amide bonds. The van der Waals surface area contributed by atoms with Crippen molar-refractivity contribution in [3.63, 3.8) is 0 Å². The minimum Gasteiger partial charge on any atom is -0.369 e. The predicted molar refractivity (Wildman–Crippen MR) is 71.7 cm³/mol. The summed E-state index contributed by atoms with van der Waals surface area (Å²) in [6.07, 6.45) is 0. The zero-order valence-electron chi connectivity index (χ0n) is 8.69. The van der Waals surface area contributed by atoms with Gasteiger partial charge in [-0.3, -0.25) is 0 Å². The number of hydrogen-bond donors (Lipinski definition) is 1. The second-order valence-electron chi connectivity index (χ2n) is 3.77. The summed E-state index contributed by atoms with van der Waals surface area (Å²) >= 11 is 7.18. The largest absolute Gasteiger partial charge is 0.369 e. The highest BCUT2D eigenvalue weighted by molar-refractivity contribution is 9.11. The second-order valence-corrected chi connectivity index (χ2v) is 5.48. The number of nitrogens with zero attached hydrogens (tertiary/aromatic N) is 1. The second kappa shape index (κ2) is 4.85. The van der Waals surface area contributed by atoms with Crippen LogP contribution in [0.1, 0.15) is 5.56 Å². The molecule has 1 saturated heterocycles. The van der Waals surface area contributed by atoms with Gasteiger partial charge in [0.25, 0.3) is 0 Å². The zero-order chi connectivity index (χ0) is 10.8. The Morgan fingerprint density at radius 3 is 2.20 bits per heavy atom. The lowest BCUT2D eigenvalue weighted by Gasteiger charge is -2.30. The molecule has 0 aliphatic carbocycles. The van der Waals surface area contributed by atoms with Crippen LogP contribution in [0.4, 0.5) is 5.69 Å². The van der Waals surface area contributed by atoms with Crippen LogP contribution in [-0.2, 0) is 0 Å². The molecule has 2 nitrogen and oxygen atoms in total. The fourth-order valence-corrected chi connectivity index (χ4v) is 2.90. The Kier molecular flexibility index (Phi) is 3.69. The van der Waals surface area contributed by atoms with Crippen molar-refractivity contribution in [1.29, 1.82) is 0 Å². The van der Waals surface area contributed by atoms with Gasteiger partial charge in [0.1, 0.15) is 0 Å². The maximum Gasteiger partial charge on any atom is 0.0389 e. The van der Waals surface area contributed by atoms with Crippen molar-refractivity contribution in [1.82, 2.24) is 5.32 Å². The third-order valence-electron chi connectivity index (χ3n) is 2.75. The first-order valence-corrected chi connectivity index (χ1v) is 6.68. The van der Waals surface area contributed by atoms with Gasteiger partial charge in [0, 0.05) is 40.8 Å². The van der Waals surface area contributed by atoms with Crippen LogP contribution < -0.4 is 10.2 Å². The van der Waals surface area contributed by atoms with Gasteiger partial charge in [-0.05, 0) is 24.6 Å². The topological polar surface area (TPSA) is 15.3 Å². The van der Waals surface area contributed by atoms with Crippen molar-refractivity contribution in [2.24, 2.45) is 0 Å². The number of anilines is 1. The number of benzene rings is 1. The Labute approximate surface area is 107 Å². The average molecular weight is 334 g/mol. The lowest BCUT2D eigenvalue weighted by atomic mass is 10.2. The van der Waals surface area contributed by atoms with Crippen LogP contribution in [-0.4, -0.2) is 26.2 Å². The van der Waals surface area contributed by atoms with Crippen LogP contribution in [0, 0.1) is 6.92 Å². The molecule has 1 aliphatic heterocycles. The van der Waals surface area contributed by atoms with Crippen molar-refractivity contribution in [3.8, 4) is 0 Å². The van der Waals surface area contributed by atoms with E-state index in [2.05, 4.69) is 61.1 Å². The van der Waals surface area contributed by atoms with E-state index in [1.807, 2.05) is 0 Å². The van der Waals surface area contributed by atoms with E-state index < -0.39 is 0 Å². The molecule has 0 atom stereocenters. The van der Waals surface area contributed by atoms with E-state index in [0.717, 1.165) is 26.2 Å². The summed E-state index contributed by atoms with van der Waals surface area (Å²) in [5.41, 5.74) is 2.55. The summed E-state index contributed by atoms with van der Waals surface area (Å²) in [6.45, 7) is 6.42. The van der Waals surface area contributed by atoms with Gasteiger partial charge in [-0.1, -0.05) is 31.9 Å². The summed E-state index contributed by atoms with van der Waals surface area (Å²) in [5.74, 6) is 0. The van der Waals surface area contributed by atoms with Gasteiger partial charge in [-0.15, -0.1) is 0 Å². The monoisotopic (exact) mass is 332 g/mol. The normalized spacial score (nSPS) is 16.9. The fourth-order valence-electron chi connectivity index (χ4n) is 1.74. The van der Waals surface area contributed by atoms with Gasteiger partial charge in [0.15, 0.2) is 0 Å². The molecule has 15 heavy (non-hydrogen) atoms. The van der Waals surface area contributed by atoms with Crippen LogP contribution in [0.25, 0.3) is 0 Å². The van der Waals surface area contributed by atoms with Gasteiger partial charge in [0.05, 0.1) is 0 Å². The van der Waals surface area contributed by atoms with Crippen molar-refractivity contribution >= 4 is 37.5 Å². The Balaban J connectivity index is 2.27. The molecule has 0 radical (unpaired) electrons. The van der Waals surface area contributed by atoms with E-state index in [4.69, 9.17) is 0 Å². The Morgan fingerprint density at radius 2 is 1.67 bits per heavy atom. The van der Waals surface area contributed by atoms with Crippen LogP contribution >= 0.6 is 31.9 Å². The third-order valence-corrected chi connectivity index (χ3v) is 4.40. The maximum atomic E-state index is 3.59. The molecule has 4 heteroatoms. The summed E-state index contributed by atoms with van der Waals surface area (Å²) in [4.78, 5) is 2.41. The molecule has 1 aromatic rings. The van der Waals surface area contributed by atoms with Crippen molar-refractivity contribution in [2.75, 3.05) is 31.1 Å². The first-order valence-electron chi connectivity index (χ1n) is 5.10. The van der Waals surface area contributed by atoms with E-state index in [0.29, 0.717) is 0 Å². The van der Waals surface area contributed by atoms with E-state index in [1.54, 1.807) is 0 Å². The molecule has 0 spiro atoms. The van der Waals surface area contributed by atoms with Gasteiger partial charge in [0.2, 0.25) is 0 Å². The maximum absolute atomic E-state index is 3.59. The standard InChI is InChI=1S/C11H14Br2N2/c1-8-10(12)6-9(7-11(8)13)15-4-2-14-3-5-15/h6-7,14H,2-5H2,1H3. The Hall–Kier alpha value is -0.0600. The Morgan fingerprint density at radius 1 is 1.13 bits per heavy atom. The lowest BCUT2D eigenvalue weighted by molar-refractivity contribution is 0.589. The third kappa shape index (κ3) is 2.55. The minimum absolute atomic E-state index is 1.07. The molecule has 1 N–H and O–H groups in total. The minimum atomic E-state index is 1.07. The highest BCUT2D eigenvalue weighted by Crippen LogP contribution is 2.30. The smallest absolute Gasteiger partial charge is 0.0389 e. The fraction of sp³-hybridized carbons (Fsp3) is 0.455. The first-order chi connectivity index (χ1) is 7.18. The summed E-state index contributed by atoms with van der Waals surface area (Å²) < 4.78 is 2.34. The molecule has 1 fully saturated rings. The predicted octanol–water partition coefficient (Wildman–Crippen LogP) is 2.93. The van der Waals surface area contributed by atoms with Crippen molar-refractivity contribution in [2.45, 2.75) is 6.92 Å². The van der Waals surface area contributed by atoms with E-state index in [1.165, 1.54) is 20.2 Å². The van der Waals surface area contributed by atoms with Crippen molar-refractivity contribution < 1.29 is 0 Å². The molecule has 0 bridgehead atoms. The number of hydrogen-bond acceptors (Lipinski definition) is 2. The van der Waals surface area contributed by atoms with Gasteiger partial charge < -0.3 is 10.2 Å². The lowest BCUT2D eigenvalue weighted by Crippen LogP contribution is -2.43. The summed E-state index contributed by atoms with van der Waals surface area (Å²) in [6, 6.07) is 4.40. The molecular formula is C11H14Br2N2. The summed E-state index contributed by atoms with van der Waals surface area (Å²) in [5, 5.41) is 3.36. The molecule has 2 rings (SSSR count). The molecule has 1 aromatic carbocycles. The van der Waals surface area contributed by atoms with Gasteiger partial charge >= 0.3 is 0 Å². The number of nitrogens with one attached hydrogen (secondary N) is 1.